The number of rotatable bonds is 5. The molecule has 6 nitrogen and oxygen atoms in total. The van der Waals surface area contributed by atoms with Crippen LogP contribution in [0.1, 0.15) is 45.4 Å². The second kappa shape index (κ2) is 8.42. The summed E-state index contributed by atoms with van der Waals surface area (Å²) in [5.74, 6) is 0.0459. The summed E-state index contributed by atoms with van der Waals surface area (Å²) in [6, 6.07) is 0.0238. The van der Waals surface area contributed by atoms with Gasteiger partial charge in [0.05, 0.1) is 32.0 Å². The summed E-state index contributed by atoms with van der Waals surface area (Å²) >= 11 is 0. The van der Waals surface area contributed by atoms with Crippen LogP contribution in [0.4, 0.5) is 0 Å². The van der Waals surface area contributed by atoms with Crippen molar-refractivity contribution < 1.29 is 23.7 Å². The van der Waals surface area contributed by atoms with Crippen LogP contribution in [0.5, 0.6) is 0 Å². The SMILES string of the molecule is CC(OCC1CCCCO1)C(=O)N1CCCCC1C1OCCO1. The van der Waals surface area contributed by atoms with Crippen LogP contribution in [0, 0.1) is 0 Å². The number of amides is 1. The van der Waals surface area contributed by atoms with Gasteiger partial charge in [0.15, 0.2) is 6.29 Å². The van der Waals surface area contributed by atoms with Gasteiger partial charge in [0.25, 0.3) is 5.91 Å². The summed E-state index contributed by atoms with van der Waals surface area (Å²) < 4.78 is 22.7. The van der Waals surface area contributed by atoms with Crippen molar-refractivity contribution in [3.63, 3.8) is 0 Å². The Balaban J connectivity index is 1.51. The van der Waals surface area contributed by atoms with Crippen LogP contribution in [0.15, 0.2) is 0 Å². The van der Waals surface area contributed by atoms with E-state index in [0.29, 0.717) is 19.8 Å². The van der Waals surface area contributed by atoms with Crippen molar-refractivity contribution in [2.24, 2.45) is 0 Å². The third-order valence-corrected chi connectivity index (χ3v) is 4.95. The Labute approximate surface area is 138 Å². The molecule has 3 rings (SSSR count). The molecular weight excluding hydrogens is 298 g/mol. The number of hydrogen-bond donors (Lipinski definition) is 0. The van der Waals surface area contributed by atoms with Crippen molar-refractivity contribution in [1.29, 1.82) is 0 Å². The molecule has 3 aliphatic rings. The molecule has 0 bridgehead atoms. The van der Waals surface area contributed by atoms with Crippen molar-refractivity contribution in [2.75, 3.05) is 33.0 Å². The van der Waals surface area contributed by atoms with E-state index in [4.69, 9.17) is 18.9 Å². The van der Waals surface area contributed by atoms with Crippen LogP contribution < -0.4 is 0 Å². The molecule has 0 N–H and O–H groups in total. The van der Waals surface area contributed by atoms with Gasteiger partial charge in [-0.2, -0.15) is 0 Å². The number of nitrogens with zero attached hydrogens (tertiary/aromatic N) is 1. The quantitative estimate of drug-likeness (QED) is 0.769. The number of hydrogen-bond acceptors (Lipinski definition) is 5. The fourth-order valence-electron chi connectivity index (χ4n) is 3.61. The van der Waals surface area contributed by atoms with Gasteiger partial charge in [-0.1, -0.05) is 0 Å². The van der Waals surface area contributed by atoms with Gasteiger partial charge in [-0.3, -0.25) is 4.79 Å². The molecule has 0 aliphatic carbocycles. The first-order valence-corrected chi connectivity index (χ1v) is 9.02. The Morgan fingerprint density at radius 3 is 2.61 bits per heavy atom. The second-order valence-corrected chi connectivity index (χ2v) is 6.67. The van der Waals surface area contributed by atoms with Crippen molar-refractivity contribution in [3.8, 4) is 0 Å². The monoisotopic (exact) mass is 327 g/mol. The molecule has 23 heavy (non-hydrogen) atoms. The predicted molar refractivity (Wildman–Crippen MR) is 84.0 cm³/mol. The molecule has 0 saturated carbocycles. The van der Waals surface area contributed by atoms with Crippen LogP contribution in [-0.2, 0) is 23.7 Å². The lowest BCUT2D eigenvalue weighted by molar-refractivity contribution is -0.163. The average Bonchev–Trinajstić information content (AvgIpc) is 3.14. The highest BCUT2D eigenvalue weighted by molar-refractivity contribution is 5.81. The number of piperidine rings is 1. The van der Waals surface area contributed by atoms with E-state index in [1.54, 1.807) is 0 Å². The van der Waals surface area contributed by atoms with Crippen molar-refractivity contribution in [1.82, 2.24) is 4.90 Å². The number of ether oxygens (including phenoxy) is 4. The lowest BCUT2D eigenvalue weighted by Crippen LogP contribution is -2.53. The second-order valence-electron chi connectivity index (χ2n) is 6.67. The minimum Gasteiger partial charge on any atom is -0.376 e. The molecule has 3 heterocycles. The maximum Gasteiger partial charge on any atom is 0.251 e. The summed E-state index contributed by atoms with van der Waals surface area (Å²) in [5.41, 5.74) is 0. The highest BCUT2D eigenvalue weighted by atomic mass is 16.7. The molecule has 132 valence electrons. The summed E-state index contributed by atoms with van der Waals surface area (Å²) in [4.78, 5) is 14.7. The predicted octanol–water partition coefficient (Wildman–Crippen LogP) is 1.71. The van der Waals surface area contributed by atoms with Gasteiger partial charge < -0.3 is 23.8 Å². The Hall–Kier alpha value is -0.690. The Bertz CT molecular complexity index is 379. The van der Waals surface area contributed by atoms with Gasteiger partial charge in [-0.15, -0.1) is 0 Å². The first kappa shape index (κ1) is 17.1. The normalized spacial score (nSPS) is 31.3. The van der Waals surface area contributed by atoms with Crippen LogP contribution in [0.3, 0.4) is 0 Å². The summed E-state index contributed by atoms with van der Waals surface area (Å²) in [6.07, 6.45) is 5.85. The van der Waals surface area contributed by atoms with E-state index in [1.165, 1.54) is 6.42 Å². The first-order valence-electron chi connectivity index (χ1n) is 9.02. The van der Waals surface area contributed by atoms with E-state index in [-0.39, 0.29) is 24.3 Å². The fourth-order valence-corrected chi connectivity index (χ4v) is 3.61. The molecule has 3 saturated heterocycles. The molecule has 1 amide bonds. The number of carbonyl (C=O) groups excluding carboxylic acids is 1. The molecule has 0 aromatic rings. The fraction of sp³-hybridized carbons (Fsp3) is 0.941. The number of likely N-dealkylation sites (tertiary alicyclic amines) is 1. The third-order valence-electron chi connectivity index (χ3n) is 4.95. The van der Waals surface area contributed by atoms with Crippen LogP contribution in [0.25, 0.3) is 0 Å². The molecule has 0 spiro atoms. The van der Waals surface area contributed by atoms with Gasteiger partial charge in [-0.25, -0.2) is 0 Å². The van der Waals surface area contributed by atoms with Gasteiger partial charge >= 0.3 is 0 Å². The molecule has 0 radical (unpaired) electrons. The van der Waals surface area contributed by atoms with Crippen molar-refractivity contribution in [3.05, 3.63) is 0 Å². The highest BCUT2D eigenvalue weighted by Crippen LogP contribution is 2.25. The number of carbonyl (C=O) groups is 1. The van der Waals surface area contributed by atoms with E-state index < -0.39 is 6.10 Å². The van der Waals surface area contributed by atoms with E-state index in [9.17, 15) is 4.79 Å². The molecule has 6 heteroatoms. The van der Waals surface area contributed by atoms with Gasteiger partial charge in [-0.05, 0) is 45.4 Å². The minimum atomic E-state index is -0.442. The Kier molecular flexibility index (Phi) is 6.28. The largest absolute Gasteiger partial charge is 0.376 e. The molecule has 0 aromatic heterocycles. The average molecular weight is 327 g/mol. The topological polar surface area (TPSA) is 57.2 Å². The Morgan fingerprint density at radius 1 is 1.09 bits per heavy atom. The molecule has 0 aromatic carbocycles. The van der Waals surface area contributed by atoms with Crippen LogP contribution in [0.2, 0.25) is 0 Å². The highest BCUT2D eigenvalue weighted by Gasteiger charge is 2.37. The standard InChI is InChI=1S/C17H29NO5/c1-13(23-12-14-6-3-5-9-20-14)16(19)18-8-4-2-7-15(18)17-21-10-11-22-17/h13-15,17H,2-12H2,1H3. The van der Waals surface area contributed by atoms with Crippen molar-refractivity contribution >= 4 is 5.91 Å². The van der Waals surface area contributed by atoms with Gasteiger partial charge in [0.1, 0.15) is 6.10 Å². The zero-order valence-electron chi connectivity index (χ0n) is 14.1. The Morgan fingerprint density at radius 2 is 1.87 bits per heavy atom. The lowest BCUT2D eigenvalue weighted by atomic mass is 10.0. The summed E-state index contributed by atoms with van der Waals surface area (Å²) in [5, 5.41) is 0. The van der Waals surface area contributed by atoms with E-state index in [0.717, 1.165) is 45.3 Å². The molecule has 3 unspecified atom stereocenters. The summed E-state index contributed by atoms with van der Waals surface area (Å²) in [7, 11) is 0. The van der Waals surface area contributed by atoms with Gasteiger partial charge in [0.2, 0.25) is 0 Å². The zero-order chi connectivity index (χ0) is 16.1. The van der Waals surface area contributed by atoms with E-state index in [2.05, 4.69) is 0 Å². The molecule has 3 atom stereocenters. The minimum absolute atomic E-state index is 0.0238. The van der Waals surface area contributed by atoms with Crippen molar-refractivity contribution in [2.45, 2.75) is 70.0 Å². The maximum atomic E-state index is 12.8. The molecule has 3 fully saturated rings. The third kappa shape index (κ3) is 4.44. The molecular formula is C17H29NO5. The molecule has 3 aliphatic heterocycles. The first-order chi connectivity index (χ1) is 11.3. The van der Waals surface area contributed by atoms with E-state index >= 15 is 0 Å². The smallest absolute Gasteiger partial charge is 0.251 e. The van der Waals surface area contributed by atoms with Crippen LogP contribution >= 0.6 is 0 Å². The maximum absolute atomic E-state index is 12.8. The lowest BCUT2D eigenvalue weighted by Gasteiger charge is -2.39. The van der Waals surface area contributed by atoms with Gasteiger partial charge in [0, 0.05) is 13.2 Å². The van der Waals surface area contributed by atoms with Crippen LogP contribution in [-0.4, -0.2) is 68.3 Å². The summed E-state index contributed by atoms with van der Waals surface area (Å²) in [6.45, 7) is 5.15. The zero-order valence-corrected chi connectivity index (χ0v) is 14.1. The van der Waals surface area contributed by atoms with E-state index in [1.807, 2.05) is 11.8 Å².